The quantitative estimate of drug-likeness (QED) is 0.411. The maximum atomic E-state index is 13.6. The van der Waals surface area contributed by atoms with Crippen LogP contribution in [0.3, 0.4) is 0 Å². The minimum Gasteiger partial charge on any atom is -0.489 e. The smallest absolute Gasteiger partial charge is 0.418 e. The van der Waals surface area contributed by atoms with Crippen LogP contribution in [0.1, 0.15) is 50.5 Å². The molecule has 0 heterocycles. The molecule has 4 rings (SSSR count). The molecule has 3 aromatic rings. The largest absolute Gasteiger partial charge is 0.489 e. The molecule has 1 saturated carbocycles. The SMILES string of the molecule is Cc1cc(OCc2ccccc2)cc(C)c1C(=O)Nc1cc([C@H]2C[C@H]2C(=O)O)ccc1C(F)(F)F. The number of carboxylic acids is 1. The first-order chi connectivity index (χ1) is 16.5. The fourth-order valence-electron chi connectivity index (χ4n) is 4.27. The molecule has 182 valence electrons. The normalized spacial score (nSPS) is 17.1. The second kappa shape index (κ2) is 9.44. The van der Waals surface area contributed by atoms with Gasteiger partial charge in [-0.25, -0.2) is 0 Å². The summed E-state index contributed by atoms with van der Waals surface area (Å²) >= 11 is 0. The Labute approximate surface area is 200 Å². The van der Waals surface area contributed by atoms with Gasteiger partial charge in [0.05, 0.1) is 17.2 Å². The number of nitrogens with one attached hydrogen (secondary N) is 1. The van der Waals surface area contributed by atoms with Gasteiger partial charge in [0.25, 0.3) is 5.91 Å². The van der Waals surface area contributed by atoms with Crippen molar-refractivity contribution in [2.24, 2.45) is 5.92 Å². The molecule has 1 amide bonds. The highest BCUT2D eigenvalue weighted by molar-refractivity contribution is 6.07. The Balaban J connectivity index is 1.57. The lowest BCUT2D eigenvalue weighted by Crippen LogP contribution is -2.19. The Morgan fingerprint density at radius 2 is 1.69 bits per heavy atom. The van der Waals surface area contributed by atoms with Crippen LogP contribution in [0.25, 0.3) is 0 Å². The van der Waals surface area contributed by atoms with Crippen LogP contribution in [0, 0.1) is 19.8 Å². The fourth-order valence-corrected chi connectivity index (χ4v) is 4.27. The number of aryl methyl sites for hydroxylation is 2. The van der Waals surface area contributed by atoms with Crippen LogP contribution in [-0.2, 0) is 17.6 Å². The highest BCUT2D eigenvalue weighted by atomic mass is 19.4. The molecule has 0 radical (unpaired) electrons. The van der Waals surface area contributed by atoms with Crippen molar-refractivity contribution in [1.82, 2.24) is 0 Å². The number of hydrogen-bond donors (Lipinski definition) is 2. The zero-order valence-corrected chi connectivity index (χ0v) is 19.1. The van der Waals surface area contributed by atoms with E-state index in [1.54, 1.807) is 26.0 Å². The number of alkyl halides is 3. The van der Waals surface area contributed by atoms with Crippen LogP contribution < -0.4 is 10.1 Å². The average molecular weight is 483 g/mol. The molecule has 0 saturated heterocycles. The number of anilines is 1. The van der Waals surface area contributed by atoms with Crippen molar-refractivity contribution in [2.45, 2.75) is 39.0 Å². The first-order valence-electron chi connectivity index (χ1n) is 11.1. The lowest BCUT2D eigenvalue weighted by molar-refractivity contribution is -0.139. The average Bonchev–Trinajstić information content (AvgIpc) is 3.58. The van der Waals surface area contributed by atoms with Gasteiger partial charge in [-0.3, -0.25) is 9.59 Å². The summed E-state index contributed by atoms with van der Waals surface area (Å²) in [6, 6.07) is 16.3. The maximum Gasteiger partial charge on any atom is 0.418 e. The van der Waals surface area contributed by atoms with Gasteiger partial charge < -0.3 is 15.2 Å². The molecule has 0 bridgehead atoms. The van der Waals surface area contributed by atoms with Crippen molar-refractivity contribution >= 4 is 17.6 Å². The first kappa shape index (κ1) is 24.3. The number of benzene rings is 3. The molecule has 1 aliphatic rings. The number of aliphatic carboxylic acids is 1. The lowest BCUT2D eigenvalue weighted by atomic mass is 10.00. The van der Waals surface area contributed by atoms with E-state index in [2.05, 4.69) is 5.32 Å². The van der Waals surface area contributed by atoms with Gasteiger partial charge in [-0.1, -0.05) is 36.4 Å². The third kappa shape index (κ3) is 5.48. The third-order valence-corrected chi connectivity index (χ3v) is 6.11. The summed E-state index contributed by atoms with van der Waals surface area (Å²) in [5, 5.41) is 11.6. The van der Waals surface area contributed by atoms with Gasteiger partial charge in [0.15, 0.2) is 0 Å². The molecular formula is C27H24F3NO4. The molecule has 0 spiro atoms. The Bertz CT molecular complexity index is 1250. The van der Waals surface area contributed by atoms with Gasteiger partial charge in [0.1, 0.15) is 12.4 Å². The van der Waals surface area contributed by atoms with Crippen molar-refractivity contribution in [3.05, 3.63) is 94.0 Å². The predicted molar refractivity (Wildman–Crippen MR) is 125 cm³/mol. The highest BCUT2D eigenvalue weighted by Crippen LogP contribution is 2.49. The van der Waals surface area contributed by atoms with Crippen molar-refractivity contribution in [3.63, 3.8) is 0 Å². The van der Waals surface area contributed by atoms with Crippen molar-refractivity contribution < 1.29 is 32.6 Å². The van der Waals surface area contributed by atoms with E-state index < -0.39 is 29.5 Å². The van der Waals surface area contributed by atoms with Gasteiger partial charge in [-0.15, -0.1) is 0 Å². The first-order valence-corrected chi connectivity index (χ1v) is 11.1. The number of hydrogen-bond acceptors (Lipinski definition) is 3. The fraction of sp³-hybridized carbons (Fsp3) is 0.259. The van der Waals surface area contributed by atoms with Crippen LogP contribution in [-0.4, -0.2) is 17.0 Å². The molecular weight excluding hydrogens is 459 g/mol. The summed E-state index contributed by atoms with van der Waals surface area (Å²) < 4.78 is 46.7. The Hall–Kier alpha value is -3.81. The molecule has 0 aromatic heterocycles. The summed E-state index contributed by atoms with van der Waals surface area (Å²) in [5.41, 5.74) is 1.43. The minimum absolute atomic E-state index is 0.255. The summed E-state index contributed by atoms with van der Waals surface area (Å²) in [5.74, 6) is -2.10. The van der Waals surface area contributed by atoms with E-state index in [1.807, 2.05) is 30.3 Å². The number of carbonyl (C=O) groups is 2. The number of carboxylic acid groups (broad SMARTS) is 1. The molecule has 35 heavy (non-hydrogen) atoms. The Morgan fingerprint density at radius 1 is 1.03 bits per heavy atom. The van der Waals surface area contributed by atoms with Crippen LogP contribution in [0.4, 0.5) is 18.9 Å². The van der Waals surface area contributed by atoms with E-state index >= 15 is 0 Å². The van der Waals surface area contributed by atoms with Crippen LogP contribution in [0.2, 0.25) is 0 Å². The van der Waals surface area contributed by atoms with Gasteiger partial charge in [-0.05, 0) is 72.7 Å². The number of ether oxygens (including phenoxy) is 1. The monoisotopic (exact) mass is 483 g/mol. The van der Waals surface area contributed by atoms with Gasteiger partial charge >= 0.3 is 12.1 Å². The van der Waals surface area contributed by atoms with Crippen LogP contribution in [0.5, 0.6) is 5.75 Å². The molecule has 8 heteroatoms. The predicted octanol–water partition coefficient (Wildman–Crippen LogP) is 6.34. The van der Waals surface area contributed by atoms with Crippen molar-refractivity contribution in [2.75, 3.05) is 5.32 Å². The van der Waals surface area contributed by atoms with Crippen molar-refractivity contribution in [1.29, 1.82) is 0 Å². The lowest BCUT2D eigenvalue weighted by Gasteiger charge is -2.17. The van der Waals surface area contributed by atoms with E-state index in [9.17, 15) is 22.8 Å². The second-order valence-electron chi connectivity index (χ2n) is 8.75. The van der Waals surface area contributed by atoms with Crippen LogP contribution >= 0.6 is 0 Å². The standard InChI is InChI=1S/C27H24F3NO4/c1-15-10-19(35-14-17-6-4-3-5-7-17)11-16(2)24(15)25(32)31-23-12-18(20-13-21(20)26(33)34)8-9-22(23)27(28,29)30/h3-12,20-21H,13-14H2,1-2H3,(H,31,32)(H,33,34)/t20-,21-/m1/s1. The highest BCUT2D eigenvalue weighted by Gasteiger charge is 2.45. The molecule has 5 nitrogen and oxygen atoms in total. The molecule has 0 aliphatic heterocycles. The van der Waals surface area contributed by atoms with E-state index in [4.69, 9.17) is 9.84 Å². The number of rotatable bonds is 7. The topological polar surface area (TPSA) is 75.6 Å². The van der Waals surface area contributed by atoms with Crippen molar-refractivity contribution in [3.8, 4) is 5.75 Å². The molecule has 2 N–H and O–H groups in total. The second-order valence-corrected chi connectivity index (χ2v) is 8.75. The zero-order chi connectivity index (χ0) is 25.3. The zero-order valence-electron chi connectivity index (χ0n) is 19.1. The number of amides is 1. The van der Waals surface area contributed by atoms with E-state index in [0.29, 0.717) is 35.5 Å². The van der Waals surface area contributed by atoms with E-state index in [0.717, 1.165) is 11.6 Å². The Morgan fingerprint density at radius 3 is 2.26 bits per heavy atom. The van der Waals surface area contributed by atoms with Gasteiger partial charge in [0, 0.05) is 5.56 Å². The summed E-state index contributed by atoms with van der Waals surface area (Å²) in [6.45, 7) is 3.73. The minimum atomic E-state index is -4.68. The van der Waals surface area contributed by atoms with Gasteiger partial charge in [-0.2, -0.15) is 13.2 Å². The summed E-state index contributed by atoms with van der Waals surface area (Å²) in [6.07, 6.45) is -4.33. The summed E-state index contributed by atoms with van der Waals surface area (Å²) in [7, 11) is 0. The Kier molecular flexibility index (Phi) is 6.56. The molecule has 2 atom stereocenters. The third-order valence-electron chi connectivity index (χ3n) is 6.11. The van der Waals surface area contributed by atoms with Gasteiger partial charge in [0.2, 0.25) is 0 Å². The van der Waals surface area contributed by atoms with E-state index in [1.165, 1.54) is 12.1 Å². The van der Waals surface area contributed by atoms with E-state index in [-0.39, 0.29) is 17.2 Å². The molecule has 1 aliphatic carbocycles. The molecule has 0 unspecified atom stereocenters. The summed E-state index contributed by atoms with van der Waals surface area (Å²) in [4.78, 5) is 24.3. The molecule has 1 fully saturated rings. The number of carbonyl (C=O) groups excluding carboxylic acids is 1. The van der Waals surface area contributed by atoms with Crippen LogP contribution in [0.15, 0.2) is 60.7 Å². The maximum absolute atomic E-state index is 13.6. The molecule has 3 aromatic carbocycles. The number of halogens is 3.